The molecule has 7 amide bonds. The molecule has 2 aliphatic rings. The number of nitrogens with one attached hydrogen (secondary N) is 6. The van der Waals surface area contributed by atoms with E-state index in [2.05, 4.69) is 31.9 Å². The number of benzene rings is 1. The smallest absolute Gasteiger partial charge is 0.305 e. The van der Waals surface area contributed by atoms with E-state index in [-0.39, 0.29) is 37.5 Å². The van der Waals surface area contributed by atoms with Gasteiger partial charge in [0.15, 0.2) is 0 Å². The maximum Gasteiger partial charge on any atom is 0.305 e. The Hall–Kier alpha value is -5.30. The summed E-state index contributed by atoms with van der Waals surface area (Å²) in [5, 5.41) is 45.8. The van der Waals surface area contributed by atoms with Gasteiger partial charge in [0.1, 0.15) is 36.0 Å². The number of aliphatic carboxylic acids is 1. The van der Waals surface area contributed by atoms with Crippen LogP contribution in [0.4, 0.5) is 0 Å². The maximum atomic E-state index is 14.2. The first-order valence-corrected chi connectivity index (χ1v) is 19.5. The van der Waals surface area contributed by atoms with Gasteiger partial charge >= 0.3 is 5.97 Å². The molecule has 9 N–H and O–H groups in total. The number of aliphatic hydroxyl groups excluding tert-OH is 1. The number of likely N-dealkylation sites (N-methyl/N-ethyl adjacent to an activating group) is 1. The molecule has 0 unspecified atom stereocenters. The van der Waals surface area contributed by atoms with E-state index in [9.17, 15) is 53.7 Å². The number of carbonyl (C=O) groups is 8. The fraction of sp³-hybridized carbons (Fsp3) is 0.641. The van der Waals surface area contributed by atoms with Gasteiger partial charge in [0.2, 0.25) is 41.4 Å². The van der Waals surface area contributed by atoms with Gasteiger partial charge in [0, 0.05) is 19.0 Å². The number of carboxylic acid groups (broad SMARTS) is 1. The van der Waals surface area contributed by atoms with Crippen molar-refractivity contribution in [3.63, 3.8) is 0 Å². The molecule has 58 heavy (non-hydrogen) atoms. The molecular weight excluding hydrogens is 756 g/mol. The number of fused-ring (bicyclic) bond motifs is 1. The number of phenols is 1. The van der Waals surface area contributed by atoms with E-state index >= 15 is 0 Å². The topological polar surface area (TPSA) is 276 Å². The average Bonchev–Trinajstić information content (AvgIpc) is 3.57. The highest BCUT2D eigenvalue weighted by Crippen LogP contribution is 2.24. The minimum atomic E-state index is -1.75. The van der Waals surface area contributed by atoms with Crippen molar-refractivity contribution < 1.29 is 53.7 Å². The zero-order chi connectivity index (χ0) is 43.6. The highest BCUT2D eigenvalue weighted by Gasteiger charge is 2.44. The van der Waals surface area contributed by atoms with Crippen molar-refractivity contribution in [2.24, 2.45) is 5.92 Å². The van der Waals surface area contributed by atoms with Gasteiger partial charge in [-0.25, -0.2) is 0 Å². The molecule has 2 aliphatic heterocycles. The summed E-state index contributed by atoms with van der Waals surface area (Å²) in [7, 11) is 1.34. The second-order valence-corrected chi connectivity index (χ2v) is 16.6. The molecule has 8 atom stereocenters. The normalized spacial score (nSPS) is 26.9. The Morgan fingerprint density at radius 3 is 2.03 bits per heavy atom. The van der Waals surface area contributed by atoms with Crippen LogP contribution >= 0.6 is 0 Å². The summed E-state index contributed by atoms with van der Waals surface area (Å²) in [5.41, 5.74) is -0.172. The number of aromatic hydroxyl groups is 1. The third-order valence-electron chi connectivity index (χ3n) is 9.75. The van der Waals surface area contributed by atoms with E-state index < -0.39 is 114 Å². The Morgan fingerprint density at radius 1 is 0.862 bits per heavy atom. The van der Waals surface area contributed by atoms with E-state index in [1.807, 2.05) is 0 Å². The Morgan fingerprint density at radius 2 is 1.47 bits per heavy atom. The van der Waals surface area contributed by atoms with Crippen LogP contribution in [0.1, 0.15) is 79.7 Å². The van der Waals surface area contributed by atoms with Gasteiger partial charge in [-0.15, -0.1) is 0 Å². The van der Waals surface area contributed by atoms with E-state index in [0.717, 1.165) is 4.90 Å². The second kappa shape index (κ2) is 20.4. The molecule has 2 fully saturated rings. The number of hydrogen-bond acceptors (Lipinski definition) is 11. The van der Waals surface area contributed by atoms with Gasteiger partial charge in [0.25, 0.3) is 0 Å². The summed E-state index contributed by atoms with van der Waals surface area (Å²) in [5.74, 6) is -7.23. The quantitative estimate of drug-likeness (QED) is 0.145. The maximum absolute atomic E-state index is 14.2. The van der Waals surface area contributed by atoms with Crippen LogP contribution in [0.15, 0.2) is 24.3 Å². The van der Waals surface area contributed by atoms with Crippen molar-refractivity contribution >= 4 is 47.3 Å². The van der Waals surface area contributed by atoms with Crippen LogP contribution in [-0.2, 0) is 44.8 Å². The highest BCUT2D eigenvalue weighted by atomic mass is 16.4. The first-order chi connectivity index (χ1) is 27.0. The van der Waals surface area contributed by atoms with Crippen LogP contribution in [0.25, 0.3) is 0 Å². The number of rotatable bonds is 8. The summed E-state index contributed by atoms with van der Waals surface area (Å²) >= 11 is 0. The van der Waals surface area contributed by atoms with Crippen LogP contribution in [0.5, 0.6) is 5.75 Å². The molecule has 0 radical (unpaired) electrons. The monoisotopic (exact) mass is 816 g/mol. The Labute approximate surface area is 338 Å². The minimum absolute atomic E-state index is 0.0172. The number of hydrogen-bond donors (Lipinski definition) is 9. The number of phenolic OH excluding ortho intramolecular Hbond substituents is 1. The molecule has 0 aromatic heterocycles. The molecule has 2 saturated heterocycles. The SMILES string of the molecule is CC(C)C[C@H]1NC(=O)CN(C)C(=O)[C@H](Cc2ccc(O)cc2)NC(=O)[C@@H]2CCCN2[C@H](C(=O)NC(C)(C)C)[C@H](C)NC(=O)[C@H]([C@@H](C)O)NC(=O)[C@H](CC(=O)O)NC1=O. The van der Waals surface area contributed by atoms with Gasteiger partial charge in [-0.3, -0.25) is 43.3 Å². The van der Waals surface area contributed by atoms with E-state index in [1.165, 1.54) is 33.0 Å². The lowest BCUT2D eigenvalue weighted by atomic mass is 10.0. The van der Waals surface area contributed by atoms with Crippen molar-refractivity contribution in [3.05, 3.63) is 29.8 Å². The number of carbonyl (C=O) groups excluding carboxylic acids is 7. The van der Waals surface area contributed by atoms with Crippen molar-refractivity contribution in [3.8, 4) is 5.75 Å². The predicted molar refractivity (Wildman–Crippen MR) is 210 cm³/mol. The lowest BCUT2D eigenvalue weighted by Crippen LogP contribution is -2.65. The largest absolute Gasteiger partial charge is 0.508 e. The number of amides is 7. The van der Waals surface area contributed by atoms with Crippen LogP contribution in [0, 0.1) is 5.92 Å². The predicted octanol–water partition coefficient (Wildman–Crippen LogP) is -1.50. The molecule has 322 valence electrons. The van der Waals surface area contributed by atoms with Gasteiger partial charge in [-0.2, -0.15) is 0 Å². The zero-order valence-electron chi connectivity index (χ0n) is 34.5. The molecule has 1 aromatic carbocycles. The van der Waals surface area contributed by atoms with E-state index in [1.54, 1.807) is 51.7 Å². The highest BCUT2D eigenvalue weighted by molar-refractivity contribution is 5.97. The standard InChI is InChI=1S/C39H60N8O11/c1-20(2)16-25-33(53)42-26(18-30(51)52)34(54)44-31(22(4)48)36(56)40-21(3)32(37(57)45-39(5,6)7)47-15-9-10-28(47)35(55)43-27(17-23-11-13-24(49)14-12-23)38(58)46(8)19-29(50)41-25/h11-14,20-22,25-28,31-32,48-49H,9-10,15-19H2,1-8H3,(H,40,56)(H,41,50)(H,42,53)(H,43,55)(H,44,54)(H,45,57)(H,51,52)/t21-,22+,25+,26-,27-,28-,31-,32-/m0/s1. The number of aliphatic hydroxyl groups is 1. The van der Waals surface area contributed by atoms with E-state index in [0.29, 0.717) is 12.0 Å². The van der Waals surface area contributed by atoms with Crippen molar-refractivity contribution in [1.29, 1.82) is 0 Å². The van der Waals surface area contributed by atoms with Crippen LogP contribution < -0.4 is 31.9 Å². The Bertz CT molecular complexity index is 1680. The first-order valence-electron chi connectivity index (χ1n) is 19.5. The number of nitrogens with zero attached hydrogens (tertiary/aromatic N) is 2. The summed E-state index contributed by atoms with van der Waals surface area (Å²) in [6.45, 7) is 11.2. The van der Waals surface area contributed by atoms with Crippen LogP contribution in [0.3, 0.4) is 0 Å². The molecule has 2 heterocycles. The summed E-state index contributed by atoms with van der Waals surface area (Å²) in [4.78, 5) is 111. The van der Waals surface area contributed by atoms with Crippen LogP contribution in [-0.4, -0.2) is 147 Å². The molecule has 19 nitrogen and oxygen atoms in total. The van der Waals surface area contributed by atoms with Gasteiger partial charge in [-0.1, -0.05) is 26.0 Å². The molecule has 3 rings (SSSR count). The molecule has 1 aromatic rings. The van der Waals surface area contributed by atoms with Gasteiger partial charge in [-0.05, 0) is 84.0 Å². The van der Waals surface area contributed by atoms with E-state index in [4.69, 9.17) is 0 Å². The fourth-order valence-electron chi connectivity index (χ4n) is 7.06. The van der Waals surface area contributed by atoms with Gasteiger partial charge in [0.05, 0.1) is 31.2 Å². The third-order valence-corrected chi connectivity index (χ3v) is 9.75. The zero-order valence-corrected chi connectivity index (χ0v) is 34.5. The van der Waals surface area contributed by atoms with Crippen LogP contribution in [0.2, 0.25) is 0 Å². The molecular formula is C39H60N8O11. The molecule has 0 saturated carbocycles. The fourth-order valence-corrected chi connectivity index (χ4v) is 7.06. The Balaban J connectivity index is 2.15. The number of carboxylic acids is 1. The van der Waals surface area contributed by atoms with Crippen molar-refractivity contribution in [2.45, 2.75) is 135 Å². The second-order valence-electron chi connectivity index (χ2n) is 16.6. The Kier molecular flexibility index (Phi) is 16.6. The average molecular weight is 817 g/mol. The summed E-state index contributed by atoms with van der Waals surface area (Å²) in [6.07, 6.45) is -1.71. The minimum Gasteiger partial charge on any atom is -0.508 e. The molecule has 19 heteroatoms. The lowest BCUT2D eigenvalue weighted by molar-refractivity contribution is -0.142. The van der Waals surface area contributed by atoms with Crippen molar-refractivity contribution in [2.75, 3.05) is 20.1 Å². The van der Waals surface area contributed by atoms with Gasteiger partial charge < -0.3 is 52.1 Å². The summed E-state index contributed by atoms with van der Waals surface area (Å²) in [6, 6.07) is -3.17. The first kappa shape index (κ1) is 47.1. The van der Waals surface area contributed by atoms with Crippen molar-refractivity contribution in [1.82, 2.24) is 41.7 Å². The lowest BCUT2D eigenvalue weighted by Gasteiger charge is -2.38. The molecule has 0 aliphatic carbocycles. The molecule has 0 spiro atoms. The third kappa shape index (κ3) is 13.7. The summed E-state index contributed by atoms with van der Waals surface area (Å²) < 4.78 is 0. The molecule has 0 bridgehead atoms.